The molecule has 0 heterocycles. The Morgan fingerprint density at radius 3 is 2.65 bits per heavy atom. The Balaban J connectivity index is 2.79. The molecule has 1 rings (SSSR count). The van der Waals surface area contributed by atoms with Crippen molar-refractivity contribution in [3.63, 3.8) is 0 Å². The molecule has 1 aromatic rings. The van der Waals surface area contributed by atoms with Gasteiger partial charge >= 0.3 is 0 Å². The maximum absolute atomic E-state index is 13.4. The van der Waals surface area contributed by atoms with Crippen LogP contribution >= 0.6 is 0 Å². The van der Waals surface area contributed by atoms with Crippen LogP contribution in [0.3, 0.4) is 0 Å². The van der Waals surface area contributed by atoms with Gasteiger partial charge in [-0.05, 0) is 18.2 Å². The smallest absolute Gasteiger partial charge is 0.238 e. The van der Waals surface area contributed by atoms with E-state index in [1.165, 1.54) is 19.1 Å². The molecule has 6 heteroatoms. The standard InChI is InChI=1S/C11H10FN3O2/c1-7(16)14-10-3-2-8(6-9(10)12)15-11(17)4-5-13/h2-3,6H,4H2,1H3,(H,14,16)(H,15,17). The topological polar surface area (TPSA) is 82.0 Å². The van der Waals surface area contributed by atoms with Gasteiger partial charge in [-0.1, -0.05) is 0 Å². The van der Waals surface area contributed by atoms with E-state index in [9.17, 15) is 14.0 Å². The van der Waals surface area contributed by atoms with Crippen molar-refractivity contribution in [3.8, 4) is 6.07 Å². The van der Waals surface area contributed by atoms with Crippen LogP contribution in [0.4, 0.5) is 15.8 Å². The van der Waals surface area contributed by atoms with Crippen molar-refractivity contribution in [2.45, 2.75) is 13.3 Å². The summed E-state index contributed by atoms with van der Waals surface area (Å²) in [5.74, 6) is -1.56. The largest absolute Gasteiger partial charge is 0.325 e. The summed E-state index contributed by atoms with van der Waals surface area (Å²) < 4.78 is 13.4. The fourth-order valence-corrected chi connectivity index (χ4v) is 1.16. The van der Waals surface area contributed by atoms with Gasteiger partial charge in [-0.25, -0.2) is 4.39 Å². The number of carbonyl (C=O) groups is 2. The quantitative estimate of drug-likeness (QED) is 0.835. The third-order valence-corrected chi connectivity index (χ3v) is 1.80. The number of amides is 2. The van der Waals surface area contributed by atoms with Gasteiger partial charge in [0.15, 0.2) is 0 Å². The van der Waals surface area contributed by atoms with Gasteiger partial charge in [0.1, 0.15) is 12.2 Å². The molecular formula is C11H10FN3O2. The van der Waals surface area contributed by atoms with Crippen LogP contribution in [0.2, 0.25) is 0 Å². The van der Waals surface area contributed by atoms with E-state index < -0.39 is 11.7 Å². The highest BCUT2D eigenvalue weighted by atomic mass is 19.1. The number of nitrogens with one attached hydrogen (secondary N) is 2. The fraction of sp³-hybridized carbons (Fsp3) is 0.182. The average Bonchev–Trinajstić information content (AvgIpc) is 2.22. The predicted molar refractivity (Wildman–Crippen MR) is 59.6 cm³/mol. The summed E-state index contributed by atoms with van der Waals surface area (Å²) in [6, 6.07) is 5.51. The molecule has 2 N–H and O–H groups in total. The Morgan fingerprint density at radius 2 is 2.12 bits per heavy atom. The molecular weight excluding hydrogens is 225 g/mol. The van der Waals surface area contributed by atoms with Crippen molar-refractivity contribution in [1.29, 1.82) is 5.26 Å². The summed E-state index contributed by atoms with van der Waals surface area (Å²) in [7, 11) is 0. The van der Waals surface area contributed by atoms with Crippen LogP contribution in [0.15, 0.2) is 18.2 Å². The molecule has 0 atom stereocenters. The van der Waals surface area contributed by atoms with Crippen LogP contribution in [-0.2, 0) is 9.59 Å². The number of halogens is 1. The van der Waals surface area contributed by atoms with Gasteiger partial charge in [0, 0.05) is 12.6 Å². The number of hydrogen-bond acceptors (Lipinski definition) is 3. The lowest BCUT2D eigenvalue weighted by Crippen LogP contribution is -2.11. The van der Waals surface area contributed by atoms with Gasteiger partial charge in [0.25, 0.3) is 0 Å². The SMILES string of the molecule is CC(=O)Nc1ccc(NC(=O)CC#N)cc1F. The van der Waals surface area contributed by atoms with Crippen LogP contribution in [-0.4, -0.2) is 11.8 Å². The highest BCUT2D eigenvalue weighted by Gasteiger charge is 2.07. The van der Waals surface area contributed by atoms with Gasteiger partial charge in [-0.2, -0.15) is 5.26 Å². The fourth-order valence-electron chi connectivity index (χ4n) is 1.16. The third-order valence-electron chi connectivity index (χ3n) is 1.80. The number of benzene rings is 1. The first kappa shape index (κ1) is 12.6. The summed E-state index contributed by atoms with van der Waals surface area (Å²) in [5, 5.41) is 12.9. The second-order valence-corrected chi connectivity index (χ2v) is 3.26. The molecule has 0 aliphatic carbocycles. The van der Waals surface area contributed by atoms with Crippen molar-refractivity contribution in [2.24, 2.45) is 0 Å². The number of hydrogen-bond donors (Lipinski definition) is 2. The number of anilines is 2. The number of rotatable bonds is 3. The van der Waals surface area contributed by atoms with Gasteiger partial charge in [0.2, 0.25) is 11.8 Å². The monoisotopic (exact) mass is 235 g/mol. The third kappa shape index (κ3) is 3.91. The summed E-state index contributed by atoms with van der Waals surface area (Å²) in [6.45, 7) is 1.27. The molecule has 17 heavy (non-hydrogen) atoms. The minimum absolute atomic E-state index is 0.0378. The molecule has 0 aliphatic heterocycles. The van der Waals surface area contributed by atoms with E-state index in [0.717, 1.165) is 6.07 Å². The summed E-state index contributed by atoms with van der Waals surface area (Å²) in [6.07, 6.45) is -0.297. The molecule has 0 fully saturated rings. The molecule has 0 spiro atoms. The minimum Gasteiger partial charge on any atom is -0.325 e. The molecule has 2 amide bonds. The molecule has 0 saturated heterocycles. The van der Waals surface area contributed by atoms with Gasteiger partial charge in [0.05, 0.1) is 11.8 Å². The second kappa shape index (κ2) is 5.61. The summed E-state index contributed by atoms with van der Waals surface area (Å²) in [5.41, 5.74) is 0.271. The second-order valence-electron chi connectivity index (χ2n) is 3.26. The Kier molecular flexibility index (Phi) is 4.17. The molecule has 0 radical (unpaired) electrons. The van der Waals surface area contributed by atoms with E-state index in [4.69, 9.17) is 5.26 Å². The van der Waals surface area contributed by atoms with Crippen LogP contribution in [0.1, 0.15) is 13.3 Å². The van der Waals surface area contributed by atoms with E-state index in [0.29, 0.717) is 0 Å². The Labute approximate surface area is 97.2 Å². The molecule has 0 bridgehead atoms. The molecule has 0 saturated carbocycles. The molecule has 1 aromatic carbocycles. The zero-order chi connectivity index (χ0) is 12.8. The number of nitrogens with zero attached hydrogens (tertiary/aromatic N) is 1. The van der Waals surface area contributed by atoms with Gasteiger partial charge < -0.3 is 10.6 Å². The van der Waals surface area contributed by atoms with E-state index in [-0.39, 0.29) is 23.7 Å². The highest BCUT2D eigenvalue weighted by Crippen LogP contribution is 2.18. The molecule has 88 valence electrons. The van der Waals surface area contributed by atoms with Crippen molar-refractivity contribution in [2.75, 3.05) is 10.6 Å². The lowest BCUT2D eigenvalue weighted by atomic mass is 10.2. The first-order chi connectivity index (χ1) is 8.02. The molecule has 0 unspecified atom stereocenters. The first-order valence-corrected chi connectivity index (χ1v) is 4.77. The van der Waals surface area contributed by atoms with Crippen molar-refractivity contribution >= 4 is 23.2 Å². The molecule has 5 nitrogen and oxygen atoms in total. The van der Waals surface area contributed by atoms with Crippen molar-refractivity contribution in [3.05, 3.63) is 24.0 Å². The Hall–Kier alpha value is -2.42. The van der Waals surface area contributed by atoms with Gasteiger partial charge in [-0.15, -0.1) is 0 Å². The lowest BCUT2D eigenvalue weighted by Gasteiger charge is -2.07. The zero-order valence-electron chi connectivity index (χ0n) is 9.08. The zero-order valence-corrected chi connectivity index (χ0v) is 9.08. The highest BCUT2D eigenvalue weighted by molar-refractivity contribution is 5.93. The predicted octanol–water partition coefficient (Wildman–Crippen LogP) is 1.64. The first-order valence-electron chi connectivity index (χ1n) is 4.77. The van der Waals surface area contributed by atoms with Crippen LogP contribution in [0, 0.1) is 17.1 Å². The normalized spacial score (nSPS) is 9.24. The molecule has 0 aromatic heterocycles. The van der Waals surface area contributed by atoms with Crippen LogP contribution in [0.25, 0.3) is 0 Å². The van der Waals surface area contributed by atoms with Crippen molar-refractivity contribution < 1.29 is 14.0 Å². The van der Waals surface area contributed by atoms with Crippen LogP contribution < -0.4 is 10.6 Å². The average molecular weight is 235 g/mol. The lowest BCUT2D eigenvalue weighted by molar-refractivity contribution is -0.115. The minimum atomic E-state index is -0.657. The number of carbonyl (C=O) groups excluding carboxylic acids is 2. The Bertz CT molecular complexity index is 494. The molecule has 0 aliphatic rings. The summed E-state index contributed by atoms with van der Waals surface area (Å²) in [4.78, 5) is 21.8. The van der Waals surface area contributed by atoms with Crippen molar-refractivity contribution in [1.82, 2.24) is 0 Å². The Morgan fingerprint density at radius 1 is 1.41 bits per heavy atom. The van der Waals surface area contributed by atoms with E-state index in [2.05, 4.69) is 10.6 Å². The number of nitriles is 1. The van der Waals surface area contributed by atoms with E-state index >= 15 is 0 Å². The maximum atomic E-state index is 13.4. The van der Waals surface area contributed by atoms with E-state index in [1.54, 1.807) is 6.07 Å². The summed E-state index contributed by atoms with van der Waals surface area (Å²) >= 11 is 0. The van der Waals surface area contributed by atoms with Crippen LogP contribution in [0.5, 0.6) is 0 Å². The van der Waals surface area contributed by atoms with E-state index in [1.807, 2.05) is 0 Å². The van der Waals surface area contributed by atoms with Gasteiger partial charge in [-0.3, -0.25) is 9.59 Å². The maximum Gasteiger partial charge on any atom is 0.238 e.